The smallest absolute Gasteiger partial charge is 0.119 e. The Morgan fingerprint density at radius 3 is 0.889 bits per heavy atom. The molecule has 0 radical (unpaired) electrons. The molecule has 4 aromatic carbocycles. The second kappa shape index (κ2) is 8.94. The lowest BCUT2D eigenvalue weighted by molar-refractivity contribution is 0.412. The maximum atomic E-state index is 5.60. The van der Waals surface area contributed by atoms with Gasteiger partial charge < -0.3 is 18.9 Å². The second-order valence-corrected chi connectivity index (χ2v) is 9.50. The van der Waals surface area contributed by atoms with Crippen molar-refractivity contribution in [1.82, 2.24) is 0 Å². The molecule has 0 heterocycles. The van der Waals surface area contributed by atoms with Crippen molar-refractivity contribution in [2.45, 2.75) is 24.7 Å². The van der Waals surface area contributed by atoms with Crippen LogP contribution in [0, 0.1) is 0 Å². The highest BCUT2D eigenvalue weighted by atomic mass is 16.5. The van der Waals surface area contributed by atoms with Crippen LogP contribution < -0.4 is 18.9 Å². The van der Waals surface area contributed by atoms with Crippen LogP contribution in [0.2, 0.25) is 0 Å². The van der Waals surface area contributed by atoms with Gasteiger partial charge in [0.25, 0.3) is 0 Å². The van der Waals surface area contributed by atoms with E-state index in [0.29, 0.717) is 0 Å². The van der Waals surface area contributed by atoms with Gasteiger partial charge in [0.05, 0.1) is 28.4 Å². The highest BCUT2D eigenvalue weighted by molar-refractivity contribution is 5.81. The summed E-state index contributed by atoms with van der Waals surface area (Å²) in [5, 5.41) is 0. The number of ether oxygens (including phenoxy) is 4. The number of hydrogen-bond donors (Lipinski definition) is 0. The van der Waals surface area contributed by atoms with Crippen molar-refractivity contribution in [2.75, 3.05) is 28.4 Å². The molecule has 182 valence electrons. The third kappa shape index (κ3) is 3.51. The molecular weight excluding hydrogens is 448 g/mol. The monoisotopic (exact) mass is 478 g/mol. The predicted molar refractivity (Wildman–Crippen MR) is 143 cm³/mol. The fraction of sp³-hybridized carbons (Fsp3) is 0.250. The Morgan fingerprint density at radius 1 is 0.417 bits per heavy atom. The number of rotatable bonds is 7. The number of fused-ring (bicyclic) bond motifs is 6. The van der Waals surface area contributed by atoms with Gasteiger partial charge in [-0.25, -0.2) is 0 Å². The van der Waals surface area contributed by atoms with Crippen molar-refractivity contribution in [3.63, 3.8) is 0 Å². The van der Waals surface area contributed by atoms with Gasteiger partial charge in [0.15, 0.2) is 0 Å². The van der Waals surface area contributed by atoms with E-state index in [9.17, 15) is 0 Å². The van der Waals surface area contributed by atoms with Crippen LogP contribution in [0.15, 0.2) is 72.8 Å². The van der Waals surface area contributed by atoms with Gasteiger partial charge in [0.1, 0.15) is 23.0 Å². The minimum atomic E-state index is 0.268. The molecule has 4 heteroatoms. The summed E-state index contributed by atoms with van der Waals surface area (Å²) in [6.45, 7) is 0. The van der Waals surface area contributed by atoms with Crippen LogP contribution in [0.3, 0.4) is 0 Å². The quantitative estimate of drug-likeness (QED) is 0.277. The minimum Gasteiger partial charge on any atom is -0.497 e. The van der Waals surface area contributed by atoms with Crippen molar-refractivity contribution in [2.24, 2.45) is 0 Å². The van der Waals surface area contributed by atoms with E-state index in [1.165, 1.54) is 44.5 Å². The second-order valence-electron chi connectivity index (χ2n) is 9.50. The van der Waals surface area contributed by atoms with Crippen molar-refractivity contribution < 1.29 is 18.9 Å². The maximum Gasteiger partial charge on any atom is 0.119 e. The largest absolute Gasteiger partial charge is 0.497 e. The average molecular weight is 479 g/mol. The summed E-state index contributed by atoms with van der Waals surface area (Å²) in [6, 6.07) is 25.8. The minimum absolute atomic E-state index is 0.268. The number of hydrogen-bond acceptors (Lipinski definition) is 4. The van der Waals surface area contributed by atoms with E-state index < -0.39 is 0 Å². The van der Waals surface area contributed by atoms with E-state index >= 15 is 0 Å². The molecule has 0 aromatic heterocycles. The first kappa shape index (κ1) is 22.5. The number of methoxy groups -OCH3 is 4. The van der Waals surface area contributed by atoms with Crippen molar-refractivity contribution >= 4 is 0 Å². The number of benzene rings is 4. The third-order valence-corrected chi connectivity index (χ3v) is 7.86. The Hall–Kier alpha value is -3.92. The molecule has 0 N–H and O–H groups in total. The SMILES string of the molecule is COc1ccc2c(c1)C(CCC1c3cc(OC)ccc3-c3ccc(OC)cc31)c1cc(OC)ccc1-2. The molecule has 0 aliphatic heterocycles. The van der Waals surface area contributed by atoms with Gasteiger partial charge in [-0.1, -0.05) is 24.3 Å². The van der Waals surface area contributed by atoms with Crippen molar-refractivity contribution in [1.29, 1.82) is 0 Å². The first-order chi connectivity index (χ1) is 17.6. The van der Waals surface area contributed by atoms with E-state index in [1.54, 1.807) is 28.4 Å². The van der Waals surface area contributed by atoms with E-state index in [2.05, 4.69) is 72.8 Å². The summed E-state index contributed by atoms with van der Waals surface area (Å²) in [5.41, 5.74) is 10.4. The Bertz CT molecular complexity index is 1240. The van der Waals surface area contributed by atoms with Crippen LogP contribution in [0.5, 0.6) is 23.0 Å². The zero-order valence-electron chi connectivity index (χ0n) is 21.1. The van der Waals surface area contributed by atoms with Crippen LogP contribution in [0.4, 0.5) is 0 Å². The van der Waals surface area contributed by atoms with Gasteiger partial charge in [-0.2, -0.15) is 0 Å². The fourth-order valence-corrected chi connectivity index (χ4v) is 6.10. The lowest BCUT2D eigenvalue weighted by Gasteiger charge is -2.20. The molecule has 0 unspecified atom stereocenters. The van der Waals surface area contributed by atoms with Gasteiger partial charge >= 0.3 is 0 Å². The zero-order valence-corrected chi connectivity index (χ0v) is 21.1. The maximum absolute atomic E-state index is 5.60. The molecule has 0 bridgehead atoms. The molecule has 0 amide bonds. The van der Waals surface area contributed by atoms with Crippen LogP contribution >= 0.6 is 0 Å². The molecule has 0 saturated carbocycles. The lowest BCUT2D eigenvalue weighted by Crippen LogP contribution is -2.04. The van der Waals surface area contributed by atoms with E-state index in [1.807, 2.05) is 0 Å². The van der Waals surface area contributed by atoms with Gasteiger partial charge in [0.2, 0.25) is 0 Å². The molecule has 0 fully saturated rings. The normalized spacial score (nSPS) is 13.6. The zero-order chi connectivity index (χ0) is 24.8. The Balaban J connectivity index is 1.41. The first-order valence-corrected chi connectivity index (χ1v) is 12.4. The van der Waals surface area contributed by atoms with Gasteiger partial charge in [-0.3, -0.25) is 0 Å². The van der Waals surface area contributed by atoms with Crippen molar-refractivity contribution in [3.05, 3.63) is 95.1 Å². The summed E-state index contributed by atoms with van der Waals surface area (Å²) >= 11 is 0. The topological polar surface area (TPSA) is 36.9 Å². The lowest BCUT2D eigenvalue weighted by atomic mass is 9.85. The molecule has 0 spiro atoms. The Kier molecular flexibility index (Phi) is 5.60. The summed E-state index contributed by atoms with van der Waals surface area (Å²) < 4.78 is 22.4. The Morgan fingerprint density at radius 2 is 0.667 bits per heavy atom. The molecule has 6 rings (SSSR count). The third-order valence-electron chi connectivity index (χ3n) is 7.86. The first-order valence-electron chi connectivity index (χ1n) is 12.4. The van der Waals surface area contributed by atoms with Crippen LogP contribution in [0.25, 0.3) is 22.3 Å². The van der Waals surface area contributed by atoms with E-state index in [4.69, 9.17) is 18.9 Å². The molecule has 36 heavy (non-hydrogen) atoms. The summed E-state index contributed by atoms with van der Waals surface area (Å²) in [7, 11) is 6.92. The van der Waals surface area contributed by atoms with E-state index in [-0.39, 0.29) is 11.8 Å². The average Bonchev–Trinajstić information content (AvgIpc) is 3.41. The highest BCUT2D eigenvalue weighted by Gasteiger charge is 2.34. The highest BCUT2D eigenvalue weighted by Crippen LogP contribution is 2.53. The van der Waals surface area contributed by atoms with Gasteiger partial charge in [-0.05, 0) is 106 Å². The van der Waals surface area contributed by atoms with Crippen LogP contribution in [-0.4, -0.2) is 28.4 Å². The summed E-state index contributed by atoms with van der Waals surface area (Å²) in [5.74, 6) is 4.11. The van der Waals surface area contributed by atoms with E-state index in [0.717, 1.165) is 35.8 Å². The predicted octanol–water partition coefficient (Wildman–Crippen LogP) is 7.43. The summed E-state index contributed by atoms with van der Waals surface area (Å²) in [6.07, 6.45) is 2.00. The molecule has 4 aromatic rings. The molecule has 4 nitrogen and oxygen atoms in total. The molecule has 0 saturated heterocycles. The molecule has 2 aliphatic carbocycles. The Labute approximate surface area is 212 Å². The summed E-state index contributed by atoms with van der Waals surface area (Å²) in [4.78, 5) is 0. The standard InChI is InChI=1S/C32H30O4/c1-33-19-5-9-23-24-10-6-20(34-2)16-30(24)27(29(23)15-19)13-14-28-31-17-21(35-3)7-11-25(31)26-12-8-22(36-4)18-32(26)28/h5-12,15-18,27-28H,13-14H2,1-4H3. The molecule has 2 aliphatic rings. The van der Waals surface area contributed by atoms with Crippen molar-refractivity contribution in [3.8, 4) is 45.3 Å². The van der Waals surface area contributed by atoms with Gasteiger partial charge in [0, 0.05) is 11.8 Å². The van der Waals surface area contributed by atoms with Crippen LogP contribution in [0.1, 0.15) is 46.9 Å². The fourth-order valence-electron chi connectivity index (χ4n) is 6.10. The van der Waals surface area contributed by atoms with Gasteiger partial charge in [-0.15, -0.1) is 0 Å². The molecule has 0 atom stereocenters. The van der Waals surface area contributed by atoms with Crippen LogP contribution in [-0.2, 0) is 0 Å². The molecular formula is C32H30O4.